The van der Waals surface area contributed by atoms with Crippen LogP contribution in [0.15, 0.2) is 18.2 Å². The SMILES string of the molecule is CCNC(CCCC(C)C)c1ccc(Cl)c(F)c1. The van der Waals surface area contributed by atoms with Gasteiger partial charge in [-0.05, 0) is 36.6 Å². The summed E-state index contributed by atoms with van der Waals surface area (Å²) in [4.78, 5) is 0. The lowest BCUT2D eigenvalue weighted by Gasteiger charge is -2.19. The van der Waals surface area contributed by atoms with Crippen molar-refractivity contribution in [2.24, 2.45) is 5.92 Å². The van der Waals surface area contributed by atoms with Crippen LogP contribution in [0, 0.1) is 11.7 Å². The first-order valence-corrected chi connectivity index (χ1v) is 7.10. The van der Waals surface area contributed by atoms with Crippen molar-refractivity contribution in [3.63, 3.8) is 0 Å². The van der Waals surface area contributed by atoms with Crippen molar-refractivity contribution in [2.45, 2.75) is 46.1 Å². The van der Waals surface area contributed by atoms with Crippen molar-refractivity contribution in [1.82, 2.24) is 5.32 Å². The van der Waals surface area contributed by atoms with Crippen molar-refractivity contribution in [2.75, 3.05) is 6.54 Å². The molecule has 0 fully saturated rings. The van der Waals surface area contributed by atoms with Crippen molar-refractivity contribution in [3.8, 4) is 0 Å². The molecule has 102 valence electrons. The zero-order chi connectivity index (χ0) is 13.5. The minimum absolute atomic E-state index is 0.191. The van der Waals surface area contributed by atoms with Crippen LogP contribution >= 0.6 is 11.6 Å². The predicted octanol–water partition coefficient (Wildman–Crippen LogP) is 4.96. The highest BCUT2D eigenvalue weighted by molar-refractivity contribution is 6.30. The fourth-order valence-electron chi connectivity index (χ4n) is 2.09. The molecule has 0 aromatic heterocycles. The lowest BCUT2D eigenvalue weighted by Crippen LogP contribution is -2.21. The molecule has 0 aliphatic carbocycles. The van der Waals surface area contributed by atoms with Gasteiger partial charge in [0.25, 0.3) is 0 Å². The Labute approximate surface area is 115 Å². The molecule has 1 nitrogen and oxygen atoms in total. The summed E-state index contributed by atoms with van der Waals surface area (Å²) in [5.74, 6) is 0.384. The second kappa shape index (κ2) is 7.75. The standard InChI is InChI=1S/C15H23ClFN/c1-4-18-15(7-5-6-11(2)3)12-8-9-13(16)14(17)10-12/h8-11,15,18H,4-7H2,1-3H3. The van der Waals surface area contributed by atoms with Crippen molar-refractivity contribution < 1.29 is 4.39 Å². The molecule has 0 saturated heterocycles. The summed E-state index contributed by atoms with van der Waals surface area (Å²) < 4.78 is 13.5. The van der Waals surface area contributed by atoms with Crippen molar-refractivity contribution in [1.29, 1.82) is 0 Å². The van der Waals surface area contributed by atoms with Crippen LogP contribution in [0.3, 0.4) is 0 Å². The lowest BCUT2D eigenvalue weighted by molar-refractivity contribution is 0.453. The first-order chi connectivity index (χ1) is 8.54. The zero-order valence-corrected chi connectivity index (χ0v) is 12.2. The molecule has 0 amide bonds. The molecular weight excluding hydrogens is 249 g/mol. The minimum Gasteiger partial charge on any atom is -0.310 e. The van der Waals surface area contributed by atoms with E-state index in [9.17, 15) is 4.39 Å². The van der Waals surface area contributed by atoms with Crippen LogP contribution in [0.2, 0.25) is 5.02 Å². The van der Waals surface area contributed by atoms with Crippen LogP contribution in [0.4, 0.5) is 4.39 Å². The maximum absolute atomic E-state index is 13.5. The Kier molecular flexibility index (Phi) is 6.66. The molecule has 1 aromatic rings. The molecular formula is C15H23ClFN. The summed E-state index contributed by atoms with van der Waals surface area (Å²) in [5.41, 5.74) is 0.988. The smallest absolute Gasteiger partial charge is 0.142 e. The van der Waals surface area contributed by atoms with Gasteiger partial charge in [0.05, 0.1) is 5.02 Å². The summed E-state index contributed by atoms with van der Waals surface area (Å²) in [6.07, 6.45) is 3.39. The number of rotatable bonds is 7. The third-order valence-electron chi connectivity index (χ3n) is 3.07. The molecule has 0 saturated carbocycles. The topological polar surface area (TPSA) is 12.0 Å². The Morgan fingerprint density at radius 1 is 1.28 bits per heavy atom. The predicted molar refractivity (Wildman–Crippen MR) is 76.5 cm³/mol. The summed E-state index contributed by atoms with van der Waals surface area (Å²) >= 11 is 5.71. The van der Waals surface area contributed by atoms with E-state index in [-0.39, 0.29) is 16.9 Å². The van der Waals surface area contributed by atoms with Gasteiger partial charge >= 0.3 is 0 Å². The molecule has 1 unspecified atom stereocenters. The molecule has 0 aliphatic heterocycles. The van der Waals surface area contributed by atoms with E-state index in [1.807, 2.05) is 6.07 Å². The van der Waals surface area contributed by atoms with Crippen LogP contribution in [0.5, 0.6) is 0 Å². The Hall–Kier alpha value is -0.600. The number of nitrogens with one attached hydrogen (secondary N) is 1. The molecule has 1 atom stereocenters. The van der Waals surface area contributed by atoms with E-state index < -0.39 is 0 Å². The molecule has 0 radical (unpaired) electrons. The van der Waals surface area contributed by atoms with Gasteiger partial charge in [-0.25, -0.2) is 4.39 Å². The Balaban J connectivity index is 2.67. The molecule has 1 aromatic carbocycles. The summed E-state index contributed by atoms with van der Waals surface area (Å²) in [6.45, 7) is 7.41. The second-order valence-corrected chi connectivity index (χ2v) is 5.52. The molecule has 0 bridgehead atoms. The molecule has 3 heteroatoms. The van der Waals surface area contributed by atoms with Gasteiger partial charge in [0.1, 0.15) is 5.82 Å². The third kappa shape index (κ3) is 4.95. The fourth-order valence-corrected chi connectivity index (χ4v) is 2.21. The van der Waals surface area contributed by atoms with Gasteiger partial charge < -0.3 is 5.32 Å². The fraction of sp³-hybridized carbons (Fsp3) is 0.600. The molecule has 0 aliphatic rings. The van der Waals surface area contributed by atoms with E-state index in [4.69, 9.17) is 11.6 Å². The van der Waals surface area contributed by atoms with Gasteiger partial charge in [-0.1, -0.05) is 51.3 Å². The molecule has 0 heterocycles. The van der Waals surface area contributed by atoms with Gasteiger partial charge in [-0.2, -0.15) is 0 Å². The number of halogens is 2. The largest absolute Gasteiger partial charge is 0.310 e. The number of hydrogen-bond donors (Lipinski definition) is 1. The number of benzene rings is 1. The average molecular weight is 272 g/mol. The Bertz CT molecular complexity index is 366. The Morgan fingerprint density at radius 3 is 2.56 bits per heavy atom. The van der Waals surface area contributed by atoms with Crippen LogP contribution in [-0.2, 0) is 0 Å². The van der Waals surface area contributed by atoms with E-state index in [1.165, 1.54) is 6.42 Å². The van der Waals surface area contributed by atoms with Gasteiger partial charge in [-0.15, -0.1) is 0 Å². The van der Waals surface area contributed by atoms with Crippen molar-refractivity contribution >= 4 is 11.6 Å². The van der Waals surface area contributed by atoms with Gasteiger partial charge in [-0.3, -0.25) is 0 Å². The molecule has 18 heavy (non-hydrogen) atoms. The maximum atomic E-state index is 13.5. The molecule has 1 N–H and O–H groups in total. The first-order valence-electron chi connectivity index (χ1n) is 6.73. The van der Waals surface area contributed by atoms with E-state index in [2.05, 4.69) is 26.1 Å². The highest BCUT2D eigenvalue weighted by Gasteiger charge is 2.12. The van der Waals surface area contributed by atoms with E-state index >= 15 is 0 Å². The van der Waals surface area contributed by atoms with E-state index in [0.29, 0.717) is 5.92 Å². The minimum atomic E-state index is -0.332. The lowest BCUT2D eigenvalue weighted by atomic mass is 9.98. The van der Waals surface area contributed by atoms with Gasteiger partial charge in [0, 0.05) is 6.04 Å². The van der Waals surface area contributed by atoms with Crippen LogP contribution in [0.25, 0.3) is 0 Å². The van der Waals surface area contributed by atoms with Crippen LogP contribution in [-0.4, -0.2) is 6.54 Å². The highest BCUT2D eigenvalue weighted by Crippen LogP contribution is 2.24. The maximum Gasteiger partial charge on any atom is 0.142 e. The van der Waals surface area contributed by atoms with E-state index in [1.54, 1.807) is 12.1 Å². The van der Waals surface area contributed by atoms with Gasteiger partial charge in [0.15, 0.2) is 0 Å². The van der Waals surface area contributed by atoms with Crippen molar-refractivity contribution in [3.05, 3.63) is 34.6 Å². The molecule has 1 rings (SSSR count). The third-order valence-corrected chi connectivity index (χ3v) is 3.38. The van der Waals surface area contributed by atoms with Crippen LogP contribution in [0.1, 0.15) is 51.6 Å². The Morgan fingerprint density at radius 2 is 2.00 bits per heavy atom. The normalized spacial score (nSPS) is 13.0. The summed E-state index contributed by atoms with van der Waals surface area (Å²) in [6, 6.07) is 5.32. The quantitative estimate of drug-likeness (QED) is 0.739. The monoisotopic (exact) mass is 271 g/mol. The number of hydrogen-bond acceptors (Lipinski definition) is 1. The first kappa shape index (κ1) is 15.5. The second-order valence-electron chi connectivity index (χ2n) is 5.11. The zero-order valence-electron chi connectivity index (χ0n) is 11.5. The van der Waals surface area contributed by atoms with E-state index in [0.717, 1.165) is 24.9 Å². The molecule has 0 spiro atoms. The summed E-state index contributed by atoms with van der Waals surface area (Å²) in [5, 5.41) is 3.60. The van der Waals surface area contributed by atoms with Gasteiger partial charge in [0.2, 0.25) is 0 Å². The van der Waals surface area contributed by atoms with Crippen LogP contribution < -0.4 is 5.32 Å². The average Bonchev–Trinajstić information content (AvgIpc) is 2.31. The highest BCUT2D eigenvalue weighted by atomic mass is 35.5. The summed E-state index contributed by atoms with van der Waals surface area (Å²) in [7, 11) is 0.